The Kier molecular flexibility index (Phi) is 7.56. The molecule has 2 aromatic carbocycles. The van der Waals surface area contributed by atoms with Crippen LogP contribution in [0, 0.1) is 6.92 Å². The van der Waals surface area contributed by atoms with Gasteiger partial charge in [0.05, 0.1) is 12.8 Å². The van der Waals surface area contributed by atoms with Gasteiger partial charge in [-0.25, -0.2) is 0 Å². The van der Waals surface area contributed by atoms with Gasteiger partial charge in [0.1, 0.15) is 11.0 Å². The monoisotopic (exact) mass is 407 g/mol. The van der Waals surface area contributed by atoms with Crippen molar-refractivity contribution in [3.05, 3.63) is 53.1 Å². The second-order valence-corrected chi connectivity index (χ2v) is 7.84. The number of benzene rings is 2. The Hall–Kier alpha value is -2.18. The number of hydrogen-bond donors (Lipinski definition) is 1. The quantitative estimate of drug-likeness (QED) is 0.532. The Morgan fingerprint density at radius 2 is 1.78 bits per heavy atom. The van der Waals surface area contributed by atoms with Crippen LogP contribution in [0.4, 0.5) is 5.69 Å². The number of rotatable bonds is 7. The molecule has 27 heavy (non-hydrogen) atoms. The van der Waals surface area contributed by atoms with Crippen molar-refractivity contribution >= 4 is 40.9 Å². The van der Waals surface area contributed by atoms with Gasteiger partial charge in [0.2, 0.25) is 0 Å². The number of anilines is 1. The van der Waals surface area contributed by atoms with E-state index in [2.05, 4.69) is 5.32 Å². The van der Waals surface area contributed by atoms with Crippen LogP contribution in [0.2, 0.25) is 5.02 Å². The van der Waals surface area contributed by atoms with E-state index >= 15 is 0 Å². The number of ether oxygens (including phenoxy) is 2. The van der Waals surface area contributed by atoms with Gasteiger partial charge in [-0.1, -0.05) is 17.7 Å². The molecule has 0 saturated heterocycles. The molecule has 0 aliphatic carbocycles. The van der Waals surface area contributed by atoms with Gasteiger partial charge < -0.3 is 14.8 Å². The smallest absolute Gasteiger partial charge is 0.319 e. The van der Waals surface area contributed by atoms with Crippen molar-refractivity contribution in [1.29, 1.82) is 0 Å². The van der Waals surface area contributed by atoms with E-state index in [-0.39, 0.29) is 0 Å². The Balaban J connectivity index is 1.94. The molecular formula is C20H22ClNO4S. The molecule has 0 bridgehead atoms. The number of hydrogen-bond acceptors (Lipinski definition) is 5. The van der Waals surface area contributed by atoms with Gasteiger partial charge in [-0.05, 0) is 62.7 Å². The van der Waals surface area contributed by atoms with E-state index in [1.807, 2.05) is 25.1 Å². The zero-order chi connectivity index (χ0) is 20.0. The van der Waals surface area contributed by atoms with E-state index in [9.17, 15) is 9.59 Å². The summed E-state index contributed by atoms with van der Waals surface area (Å²) in [7, 11) is 1.53. The van der Waals surface area contributed by atoms with Crippen LogP contribution in [0.5, 0.6) is 5.75 Å². The Labute approximate surface area is 168 Å². The second kappa shape index (κ2) is 9.67. The predicted octanol–water partition coefficient (Wildman–Crippen LogP) is 4.71. The SMILES string of the molecule is COc1ccc(C)cc1NC(=O)[C@@H](C)OC(=O)[C@@H](C)Sc1ccc(Cl)cc1. The first-order valence-corrected chi connectivity index (χ1v) is 9.64. The van der Waals surface area contributed by atoms with Crippen LogP contribution in [0.15, 0.2) is 47.4 Å². The van der Waals surface area contributed by atoms with Crippen LogP contribution < -0.4 is 10.1 Å². The summed E-state index contributed by atoms with van der Waals surface area (Å²) in [5.41, 5.74) is 1.51. The van der Waals surface area contributed by atoms with E-state index < -0.39 is 23.2 Å². The molecule has 0 aliphatic heterocycles. The third kappa shape index (κ3) is 6.19. The average molecular weight is 408 g/mol. The molecule has 0 aliphatic rings. The third-order valence-corrected chi connectivity index (χ3v) is 5.08. The number of halogens is 1. The molecule has 0 spiro atoms. The largest absolute Gasteiger partial charge is 0.495 e. The van der Waals surface area contributed by atoms with Gasteiger partial charge in [-0.15, -0.1) is 11.8 Å². The van der Waals surface area contributed by atoms with Gasteiger partial charge in [0, 0.05) is 9.92 Å². The zero-order valence-corrected chi connectivity index (χ0v) is 17.2. The highest BCUT2D eigenvalue weighted by atomic mass is 35.5. The maximum atomic E-state index is 12.4. The van der Waals surface area contributed by atoms with Crippen molar-refractivity contribution in [2.75, 3.05) is 12.4 Å². The van der Waals surface area contributed by atoms with Gasteiger partial charge in [0.25, 0.3) is 5.91 Å². The summed E-state index contributed by atoms with van der Waals surface area (Å²) in [6.45, 7) is 5.18. The number of thioether (sulfide) groups is 1. The number of nitrogens with one attached hydrogen (secondary N) is 1. The molecule has 1 N–H and O–H groups in total. The van der Waals surface area contributed by atoms with Gasteiger partial charge in [0.15, 0.2) is 6.10 Å². The molecule has 1 amide bonds. The lowest BCUT2D eigenvalue weighted by Crippen LogP contribution is -2.32. The van der Waals surface area contributed by atoms with Crippen molar-refractivity contribution in [1.82, 2.24) is 0 Å². The fourth-order valence-corrected chi connectivity index (χ4v) is 3.22. The molecule has 5 nitrogen and oxygen atoms in total. The minimum atomic E-state index is -0.934. The van der Waals surface area contributed by atoms with E-state index in [0.29, 0.717) is 16.5 Å². The zero-order valence-electron chi connectivity index (χ0n) is 15.6. The first kappa shape index (κ1) is 21.1. The summed E-state index contributed by atoms with van der Waals surface area (Å²) in [5, 5.41) is 2.91. The van der Waals surface area contributed by atoms with Crippen molar-refractivity contribution in [2.45, 2.75) is 37.0 Å². The summed E-state index contributed by atoms with van der Waals surface area (Å²) < 4.78 is 10.5. The van der Waals surface area contributed by atoms with E-state index in [1.165, 1.54) is 25.8 Å². The third-order valence-electron chi connectivity index (χ3n) is 3.73. The maximum Gasteiger partial charge on any atom is 0.319 e. The summed E-state index contributed by atoms with van der Waals surface area (Å²) in [5.74, 6) is -0.344. The first-order chi connectivity index (χ1) is 12.8. The fourth-order valence-electron chi connectivity index (χ4n) is 2.24. The number of carbonyl (C=O) groups is 2. The van der Waals surface area contributed by atoms with Gasteiger partial charge >= 0.3 is 5.97 Å². The van der Waals surface area contributed by atoms with Crippen LogP contribution >= 0.6 is 23.4 Å². The number of aryl methyl sites for hydroxylation is 1. The summed E-state index contributed by atoms with van der Waals surface area (Å²) >= 11 is 7.20. The minimum absolute atomic E-state index is 0.420. The van der Waals surface area contributed by atoms with Crippen molar-refractivity contribution < 1.29 is 19.1 Å². The van der Waals surface area contributed by atoms with Crippen molar-refractivity contribution in [3.8, 4) is 5.75 Å². The summed E-state index contributed by atoms with van der Waals surface area (Å²) in [6.07, 6.45) is -0.934. The molecule has 2 rings (SSSR count). The second-order valence-electron chi connectivity index (χ2n) is 5.99. The van der Waals surface area contributed by atoms with Crippen LogP contribution in [0.25, 0.3) is 0 Å². The van der Waals surface area contributed by atoms with E-state index in [0.717, 1.165) is 10.5 Å². The summed E-state index contributed by atoms with van der Waals surface area (Å²) in [6, 6.07) is 12.6. The van der Waals surface area contributed by atoms with Gasteiger partial charge in [-0.2, -0.15) is 0 Å². The topological polar surface area (TPSA) is 64.6 Å². The molecule has 7 heteroatoms. The molecule has 2 aromatic rings. The van der Waals surface area contributed by atoms with Crippen LogP contribution in [-0.2, 0) is 14.3 Å². The molecule has 144 valence electrons. The number of esters is 1. The normalized spacial score (nSPS) is 12.8. The lowest BCUT2D eigenvalue weighted by Gasteiger charge is -2.17. The number of methoxy groups -OCH3 is 1. The molecule has 0 aromatic heterocycles. The molecule has 2 atom stereocenters. The highest BCUT2D eigenvalue weighted by Gasteiger charge is 2.23. The standard InChI is InChI=1S/C20H22ClNO4S/c1-12-5-10-18(25-4)17(11-12)22-19(23)13(2)26-20(24)14(3)27-16-8-6-15(21)7-9-16/h5-11,13-14H,1-4H3,(H,22,23)/t13-,14-/m1/s1. The molecule has 0 radical (unpaired) electrons. The van der Waals surface area contributed by atoms with Crippen molar-refractivity contribution in [3.63, 3.8) is 0 Å². The molecule has 0 heterocycles. The molecular weight excluding hydrogens is 386 g/mol. The van der Waals surface area contributed by atoms with E-state index in [4.69, 9.17) is 21.1 Å². The Morgan fingerprint density at radius 3 is 2.41 bits per heavy atom. The average Bonchev–Trinajstić information content (AvgIpc) is 2.63. The van der Waals surface area contributed by atoms with Gasteiger partial charge in [-0.3, -0.25) is 9.59 Å². The van der Waals surface area contributed by atoms with Crippen LogP contribution in [0.1, 0.15) is 19.4 Å². The maximum absolute atomic E-state index is 12.4. The Morgan fingerprint density at radius 1 is 1.11 bits per heavy atom. The highest BCUT2D eigenvalue weighted by Crippen LogP contribution is 2.27. The number of carbonyl (C=O) groups excluding carboxylic acids is 2. The minimum Gasteiger partial charge on any atom is -0.495 e. The molecule has 0 saturated carbocycles. The van der Waals surface area contributed by atoms with Crippen LogP contribution in [-0.4, -0.2) is 30.3 Å². The summed E-state index contributed by atoms with van der Waals surface area (Å²) in [4.78, 5) is 25.6. The van der Waals surface area contributed by atoms with Crippen LogP contribution in [0.3, 0.4) is 0 Å². The lowest BCUT2D eigenvalue weighted by molar-refractivity contribution is -0.152. The molecule has 0 fully saturated rings. The first-order valence-electron chi connectivity index (χ1n) is 8.38. The van der Waals surface area contributed by atoms with E-state index in [1.54, 1.807) is 31.2 Å². The number of amides is 1. The van der Waals surface area contributed by atoms with Crippen molar-refractivity contribution in [2.24, 2.45) is 0 Å². The Bertz CT molecular complexity index is 810. The fraction of sp³-hybridized carbons (Fsp3) is 0.300. The highest BCUT2D eigenvalue weighted by molar-refractivity contribution is 8.00. The molecule has 0 unspecified atom stereocenters. The lowest BCUT2D eigenvalue weighted by atomic mass is 10.2. The predicted molar refractivity (Wildman–Crippen MR) is 109 cm³/mol.